The third-order valence-corrected chi connectivity index (χ3v) is 6.32. The Morgan fingerprint density at radius 1 is 0.966 bits per heavy atom. The standard InChI is InChI=1S/C23H32N4O2/c1-17-11-18(2)15-27(14-17)23(29)16-25-7-9-26(10-8-25)22(28)12-19-13-24-21-6-4-3-5-20(19)21/h3-6,13,17-18,24H,7-12,14-16H2,1-2H3. The number of piperazine rings is 1. The van der Waals surface area contributed by atoms with E-state index >= 15 is 0 Å². The molecule has 2 aliphatic heterocycles. The average Bonchev–Trinajstić information content (AvgIpc) is 3.11. The van der Waals surface area contributed by atoms with Gasteiger partial charge < -0.3 is 14.8 Å². The Hall–Kier alpha value is -2.34. The topological polar surface area (TPSA) is 59.7 Å². The fourth-order valence-corrected chi connectivity index (χ4v) is 4.87. The maximum Gasteiger partial charge on any atom is 0.236 e. The largest absolute Gasteiger partial charge is 0.361 e. The Labute approximate surface area is 172 Å². The number of fused-ring (bicyclic) bond motifs is 1. The molecule has 0 radical (unpaired) electrons. The van der Waals surface area contributed by atoms with Gasteiger partial charge in [-0.05, 0) is 29.9 Å². The first kappa shape index (κ1) is 20.0. The second-order valence-electron chi connectivity index (χ2n) is 8.94. The molecule has 2 saturated heterocycles. The lowest BCUT2D eigenvalue weighted by Crippen LogP contribution is -2.53. The third-order valence-electron chi connectivity index (χ3n) is 6.32. The van der Waals surface area contributed by atoms with E-state index in [-0.39, 0.29) is 11.8 Å². The predicted octanol–water partition coefficient (Wildman–Crippen LogP) is 2.36. The van der Waals surface area contributed by atoms with Crippen molar-refractivity contribution in [2.75, 3.05) is 45.8 Å². The van der Waals surface area contributed by atoms with Crippen LogP contribution in [0, 0.1) is 11.8 Å². The summed E-state index contributed by atoms with van der Waals surface area (Å²) in [4.78, 5) is 34.9. The van der Waals surface area contributed by atoms with Crippen molar-refractivity contribution in [3.8, 4) is 0 Å². The first-order valence-electron chi connectivity index (χ1n) is 10.8. The quantitative estimate of drug-likeness (QED) is 0.863. The number of carbonyl (C=O) groups is 2. The summed E-state index contributed by atoms with van der Waals surface area (Å²) in [6.45, 7) is 9.63. The van der Waals surface area contributed by atoms with E-state index in [2.05, 4.69) is 29.8 Å². The Morgan fingerprint density at radius 3 is 2.38 bits per heavy atom. The van der Waals surface area contributed by atoms with Gasteiger partial charge in [0.05, 0.1) is 13.0 Å². The van der Waals surface area contributed by atoms with E-state index in [0.717, 1.165) is 42.6 Å². The van der Waals surface area contributed by atoms with Gasteiger partial charge in [-0.1, -0.05) is 32.0 Å². The van der Waals surface area contributed by atoms with Crippen LogP contribution in [0.1, 0.15) is 25.8 Å². The molecule has 4 rings (SSSR count). The number of aromatic amines is 1. The van der Waals surface area contributed by atoms with Gasteiger partial charge in [-0.25, -0.2) is 0 Å². The molecule has 0 aliphatic carbocycles. The van der Waals surface area contributed by atoms with E-state index in [1.807, 2.05) is 34.2 Å². The highest BCUT2D eigenvalue weighted by Crippen LogP contribution is 2.21. The number of carbonyl (C=O) groups excluding carboxylic acids is 2. The number of para-hydroxylation sites is 1. The molecule has 2 fully saturated rings. The molecule has 2 amide bonds. The molecule has 2 aromatic rings. The lowest BCUT2D eigenvalue weighted by molar-refractivity contribution is -0.136. The lowest BCUT2D eigenvalue weighted by atomic mass is 9.92. The molecule has 2 unspecified atom stereocenters. The average molecular weight is 397 g/mol. The molecular weight excluding hydrogens is 364 g/mol. The summed E-state index contributed by atoms with van der Waals surface area (Å²) in [5, 5.41) is 1.12. The summed E-state index contributed by atoms with van der Waals surface area (Å²) in [5.41, 5.74) is 2.12. The summed E-state index contributed by atoms with van der Waals surface area (Å²) >= 11 is 0. The van der Waals surface area contributed by atoms with E-state index in [4.69, 9.17) is 0 Å². The van der Waals surface area contributed by atoms with Gasteiger partial charge in [-0.15, -0.1) is 0 Å². The number of hydrogen-bond donors (Lipinski definition) is 1. The van der Waals surface area contributed by atoms with Gasteiger partial charge in [0.15, 0.2) is 0 Å². The van der Waals surface area contributed by atoms with Crippen LogP contribution in [-0.4, -0.2) is 77.3 Å². The highest BCUT2D eigenvalue weighted by molar-refractivity contribution is 5.89. The van der Waals surface area contributed by atoms with Gasteiger partial charge in [0.1, 0.15) is 0 Å². The van der Waals surface area contributed by atoms with Crippen LogP contribution in [0.5, 0.6) is 0 Å². The van der Waals surface area contributed by atoms with Crippen LogP contribution in [0.3, 0.4) is 0 Å². The molecule has 6 nitrogen and oxygen atoms in total. The second kappa shape index (κ2) is 8.57. The van der Waals surface area contributed by atoms with Gasteiger partial charge in [0.25, 0.3) is 0 Å². The van der Waals surface area contributed by atoms with E-state index in [1.54, 1.807) is 0 Å². The first-order chi connectivity index (χ1) is 14.0. The number of piperidine rings is 1. The summed E-state index contributed by atoms with van der Waals surface area (Å²) < 4.78 is 0. The minimum Gasteiger partial charge on any atom is -0.361 e. The summed E-state index contributed by atoms with van der Waals surface area (Å²) in [6.07, 6.45) is 3.57. The molecule has 29 heavy (non-hydrogen) atoms. The van der Waals surface area contributed by atoms with Crippen molar-refractivity contribution in [3.05, 3.63) is 36.0 Å². The van der Waals surface area contributed by atoms with E-state index in [9.17, 15) is 9.59 Å². The van der Waals surface area contributed by atoms with Gasteiger partial charge in [0.2, 0.25) is 11.8 Å². The summed E-state index contributed by atoms with van der Waals surface area (Å²) in [5.74, 6) is 1.57. The van der Waals surface area contributed by atoms with Gasteiger partial charge >= 0.3 is 0 Å². The van der Waals surface area contributed by atoms with Crippen molar-refractivity contribution in [2.45, 2.75) is 26.7 Å². The predicted molar refractivity (Wildman–Crippen MR) is 115 cm³/mol. The number of benzene rings is 1. The minimum atomic E-state index is 0.166. The van der Waals surface area contributed by atoms with Gasteiger partial charge in [0, 0.05) is 56.4 Å². The highest BCUT2D eigenvalue weighted by Gasteiger charge is 2.28. The normalized spacial score (nSPS) is 23.5. The SMILES string of the molecule is CC1CC(C)CN(C(=O)CN2CCN(C(=O)Cc3c[nH]c4ccccc34)CC2)C1. The molecule has 1 aromatic heterocycles. The van der Waals surface area contributed by atoms with E-state index in [1.165, 1.54) is 6.42 Å². The number of H-pyrrole nitrogens is 1. The fourth-order valence-electron chi connectivity index (χ4n) is 4.87. The fraction of sp³-hybridized carbons (Fsp3) is 0.565. The molecule has 0 spiro atoms. The number of rotatable bonds is 4. The number of hydrogen-bond acceptors (Lipinski definition) is 3. The Bertz CT molecular complexity index is 859. The third kappa shape index (κ3) is 4.64. The molecule has 6 heteroatoms. The number of nitrogens with zero attached hydrogens (tertiary/aromatic N) is 3. The van der Waals surface area contributed by atoms with Gasteiger partial charge in [-0.3, -0.25) is 14.5 Å². The monoisotopic (exact) mass is 396 g/mol. The molecule has 2 atom stereocenters. The summed E-state index contributed by atoms with van der Waals surface area (Å²) in [6, 6.07) is 8.09. The highest BCUT2D eigenvalue weighted by atomic mass is 16.2. The van der Waals surface area contributed by atoms with Crippen molar-refractivity contribution in [1.29, 1.82) is 0 Å². The molecule has 1 N–H and O–H groups in total. The van der Waals surface area contributed by atoms with Crippen LogP contribution >= 0.6 is 0 Å². The van der Waals surface area contributed by atoms with Crippen molar-refractivity contribution >= 4 is 22.7 Å². The number of amides is 2. The smallest absolute Gasteiger partial charge is 0.236 e. The molecule has 0 saturated carbocycles. The zero-order valence-corrected chi connectivity index (χ0v) is 17.6. The van der Waals surface area contributed by atoms with Crippen LogP contribution in [0.4, 0.5) is 0 Å². The van der Waals surface area contributed by atoms with Crippen LogP contribution in [0.15, 0.2) is 30.5 Å². The number of aromatic nitrogens is 1. The van der Waals surface area contributed by atoms with E-state index in [0.29, 0.717) is 37.9 Å². The minimum absolute atomic E-state index is 0.166. The van der Waals surface area contributed by atoms with Crippen LogP contribution in [0.2, 0.25) is 0 Å². The second-order valence-corrected chi connectivity index (χ2v) is 8.94. The van der Waals surface area contributed by atoms with Crippen LogP contribution in [-0.2, 0) is 16.0 Å². The number of likely N-dealkylation sites (tertiary alicyclic amines) is 1. The Morgan fingerprint density at radius 2 is 1.66 bits per heavy atom. The molecular formula is C23H32N4O2. The lowest BCUT2D eigenvalue weighted by Gasteiger charge is -2.38. The number of nitrogens with one attached hydrogen (secondary N) is 1. The van der Waals surface area contributed by atoms with Gasteiger partial charge in [-0.2, -0.15) is 0 Å². The summed E-state index contributed by atoms with van der Waals surface area (Å²) in [7, 11) is 0. The maximum atomic E-state index is 12.8. The Kier molecular flexibility index (Phi) is 5.90. The Balaban J connectivity index is 1.27. The van der Waals surface area contributed by atoms with Crippen LogP contribution < -0.4 is 0 Å². The maximum absolute atomic E-state index is 12.8. The zero-order valence-electron chi connectivity index (χ0n) is 17.6. The molecule has 2 aliphatic rings. The zero-order chi connectivity index (χ0) is 20.4. The van der Waals surface area contributed by atoms with Crippen molar-refractivity contribution < 1.29 is 9.59 Å². The van der Waals surface area contributed by atoms with Crippen molar-refractivity contribution in [3.63, 3.8) is 0 Å². The van der Waals surface area contributed by atoms with Crippen LogP contribution in [0.25, 0.3) is 10.9 Å². The molecule has 3 heterocycles. The molecule has 0 bridgehead atoms. The molecule has 156 valence electrons. The van der Waals surface area contributed by atoms with Crippen molar-refractivity contribution in [1.82, 2.24) is 19.7 Å². The van der Waals surface area contributed by atoms with E-state index < -0.39 is 0 Å². The van der Waals surface area contributed by atoms with Crippen molar-refractivity contribution in [2.24, 2.45) is 11.8 Å². The first-order valence-corrected chi connectivity index (χ1v) is 10.8. The molecule has 1 aromatic carbocycles.